The first-order valence-electron chi connectivity index (χ1n) is 6.87. The minimum atomic E-state index is 0.479. The average molecular weight is 293 g/mol. The van der Waals surface area contributed by atoms with Crippen molar-refractivity contribution < 1.29 is 4.52 Å². The van der Waals surface area contributed by atoms with E-state index < -0.39 is 0 Å². The molecule has 2 aromatic rings. The maximum atomic E-state index is 5.31. The number of piperidine rings is 1. The highest BCUT2D eigenvalue weighted by atomic mass is 32.2. The average Bonchev–Trinajstić information content (AvgIpc) is 3.11. The molecule has 0 aliphatic carbocycles. The molecule has 1 fully saturated rings. The van der Waals surface area contributed by atoms with E-state index >= 15 is 0 Å². The lowest BCUT2D eigenvalue weighted by molar-refractivity contribution is 0.174. The Morgan fingerprint density at radius 2 is 2.50 bits per heavy atom. The van der Waals surface area contributed by atoms with Gasteiger partial charge in [-0.15, -0.1) is 0 Å². The number of nitrogens with zero attached hydrogens (tertiary/aromatic N) is 4. The Labute approximate surface area is 122 Å². The Morgan fingerprint density at radius 3 is 3.30 bits per heavy atom. The largest absolute Gasteiger partial charge is 0.348 e. The predicted molar refractivity (Wildman–Crippen MR) is 77.4 cm³/mol. The summed E-state index contributed by atoms with van der Waals surface area (Å²) in [5, 5.41) is 3.99. The first kappa shape index (κ1) is 13.6. The molecular formula is C13H19N5OS. The van der Waals surface area contributed by atoms with Crippen LogP contribution in [0.3, 0.4) is 0 Å². The molecule has 7 heteroatoms. The lowest BCUT2D eigenvalue weighted by Crippen LogP contribution is -2.34. The second-order valence-corrected chi connectivity index (χ2v) is 5.95. The van der Waals surface area contributed by atoms with E-state index in [0.29, 0.717) is 11.8 Å². The second kappa shape index (κ2) is 6.41. The SMILES string of the molecule is CSCc1noc(CN2CCC[C@@H](c3ncc[nH]3)C2)n1. The Bertz CT molecular complexity index is 527. The summed E-state index contributed by atoms with van der Waals surface area (Å²) in [4.78, 5) is 14.4. The summed E-state index contributed by atoms with van der Waals surface area (Å²) < 4.78 is 5.31. The highest BCUT2D eigenvalue weighted by Crippen LogP contribution is 2.25. The molecule has 6 nitrogen and oxygen atoms in total. The van der Waals surface area contributed by atoms with Crippen LogP contribution in [0.5, 0.6) is 0 Å². The molecule has 0 unspecified atom stereocenters. The predicted octanol–water partition coefficient (Wildman–Crippen LogP) is 2.04. The van der Waals surface area contributed by atoms with E-state index in [1.165, 1.54) is 12.8 Å². The van der Waals surface area contributed by atoms with Crippen LogP contribution in [-0.2, 0) is 12.3 Å². The van der Waals surface area contributed by atoms with Gasteiger partial charge in [0.15, 0.2) is 5.82 Å². The van der Waals surface area contributed by atoms with Crippen molar-refractivity contribution in [3.05, 3.63) is 29.9 Å². The van der Waals surface area contributed by atoms with Crippen LogP contribution in [0.1, 0.15) is 36.3 Å². The van der Waals surface area contributed by atoms with Crippen LogP contribution in [0.25, 0.3) is 0 Å². The third kappa shape index (κ3) is 3.21. The van der Waals surface area contributed by atoms with Gasteiger partial charge in [-0.05, 0) is 25.6 Å². The zero-order valence-electron chi connectivity index (χ0n) is 11.6. The number of thioether (sulfide) groups is 1. The van der Waals surface area contributed by atoms with Crippen molar-refractivity contribution in [1.82, 2.24) is 25.0 Å². The maximum Gasteiger partial charge on any atom is 0.240 e. The number of H-pyrrole nitrogens is 1. The van der Waals surface area contributed by atoms with Crippen molar-refractivity contribution in [3.63, 3.8) is 0 Å². The summed E-state index contributed by atoms with van der Waals surface area (Å²) in [6.45, 7) is 2.81. The number of aromatic nitrogens is 4. The van der Waals surface area contributed by atoms with Crippen molar-refractivity contribution in [1.29, 1.82) is 0 Å². The van der Waals surface area contributed by atoms with Crippen LogP contribution < -0.4 is 0 Å². The van der Waals surface area contributed by atoms with Gasteiger partial charge in [-0.3, -0.25) is 4.90 Å². The van der Waals surface area contributed by atoms with E-state index in [-0.39, 0.29) is 0 Å². The minimum absolute atomic E-state index is 0.479. The normalized spacial score (nSPS) is 20.4. The fraction of sp³-hybridized carbons (Fsp3) is 0.615. The van der Waals surface area contributed by atoms with E-state index in [2.05, 4.69) is 25.0 Å². The van der Waals surface area contributed by atoms with Crippen molar-refractivity contribution >= 4 is 11.8 Å². The number of hydrogen-bond acceptors (Lipinski definition) is 6. The zero-order chi connectivity index (χ0) is 13.8. The standard InChI is InChI=1S/C13H19N5OS/c1-20-9-11-16-12(19-17-11)8-18-6-2-3-10(7-18)13-14-4-5-15-13/h4-5,10H,2-3,6-9H2,1H3,(H,14,15)/t10-/m1/s1. The van der Waals surface area contributed by atoms with Gasteiger partial charge in [0.1, 0.15) is 5.82 Å². The highest BCUT2D eigenvalue weighted by molar-refractivity contribution is 7.97. The molecule has 0 saturated carbocycles. The molecule has 0 aromatic carbocycles. The Kier molecular flexibility index (Phi) is 4.37. The van der Waals surface area contributed by atoms with Crippen LogP contribution in [0, 0.1) is 0 Å². The fourth-order valence-corrected chi connectivity index (χ4v) is 3.03. The molecule has 0 amide bonds. The van der Waals surface area contributed by atoms with Crippen molar-refractivity contribution in [2.75, 3.05) is 19.3 Å². The molecule has 20 heavy (non-hydrogen) atoms. The topological polar surface area (TPSA) is 70.8 Å². The molecule has 0 spiro atoms. The van der Waals surface area contributed by atoms with Gasteiger partial charge in [-0.25, -0.2) is 4.98 Å². The summed E-state index contributed by atoms with van der Waals surface area (Å²) >= 11 is 1.70. The van der Waals surface area contributed by atoms with E-state index in [1.807, 2.05) is 18.6 Å². The minimum Gasteiger partial charge on any atom is -0.348 e. The van der Waals surface area contributed by atoms with Gasteiger partial charge in [0.2, 0.25) is 5.89 Å². The van der Waals surface area contributed by atoms with E-state index in [4.69, 9.17) is 4.52 Å². The lowest BCUT2D eigenvalue weighted by atomic mass is 9.97. The molecular weight excluding hydrogens is 274 g/mol. The summed E-state index contributed by atoms with van der Waals surface area (Å²) in [7, 11) is 0. The maximum absolute atomic E-state index is 5.31. The van der Waals surface area contributed by atoms with Gasteiger partial charge in [-0.1, -0.05) is 5.16 Å². The Hall–Kier alpha value is -1.34. The van der Waals surface area contributed by atoms with E-state index in [9.17, 15) is 0 Å². The molecule has 3 heterocycles. The van der Waals surface area contributed by atoms with Gasteiger partial charge in [0.05, 0.1) is 12.3 Å². The zero-order valence-corrected chi connectivity index (χ0v) is 12.4. The third-order valence-electron chi connectivity index (χ3n) is 3.55. The molecule has 2 aromatic heterocycles. The van der Waals surface area contributed by atoms with Gasteiger partial charge in [0.25, 0.3) is 0 Å². The highest BCUT2D eigenvalue weighted by Gasteiger charge is 2.24. The molecule has 1 aliphatic rings. The molecule has 0 radical (unpaired) electrons. The third-order valence-corrected chi connectivity index (χ3v) is 4.10. The van der Waals surface area contributed by atoms with Gasteiger partial charge in [0, 0.05) is 24.9 Å². The molecule has 0 bridgehead atoms. The Balaban J connectivity index is 1.59. The smallest absolute Gasteiger partial charge is 0.240 e. The van der Waals surface area contributed by atoms with Crippen LogP contribution in [0.2, 0.25) is 0 Å². The number of likely N-dealkylation sites (tertiary alicyclic amines) is 1. The summed E-state index contributed by atoms with van der Waals surface area (Å²) in [6, 6.07) is 0. The molecule has 108 valence electrons. The van der Waals surface area contributed by atoms with Crippen LogP contribution in [0.4, 0.5) is 0 Å². The molecule has 1 atom stereocenters. The van der Waals surface area contributed by atoms with Gasteiger partial charge in [-0.2, -0.15) is 16.7 Å². The van der Waals surface area contributed by atoms with E-state index in [1.54, 1.807) is 11.8 Å². The second-order valence-electron chi connectivity index (χ2n) is 5.09. The van der Waals surface area contributed by atoms with Crippen LogP contribution in [0.15, 0.2) is 16.9 Å². The number of imidazole rings is 1. The van der Waals surface area contributed by atoms with Gasteiger partial charge >= 0.3 is 0 Å². The van der Waals surface area contributed by atoms with E-state index in [0.717, 1.165) is 37.0 Å². The molecule has 1 aliphatic heterocycles. The Morgan fingerprint density at radius 1 is 1.55 bits per heavy atom. The summed E-state index contributed by atoms with van der Waals surface area (Å²) in [5.74, 6) is 3.87. The monoisotopic (exact) mass is 293 g/mol. The van der Waals surface area contributed by atoms with Crippen molar-refractivity contribution in [2.45, 2.75) is 31.1 Å². The lowest BCUT2D eigenvalue weighted by Gasteiger charge is -2.30. The number of aromatic amines is 1. The fourth-order valence-electron chi connectivity index (χ4n) is 2.66. The quantitative estimate of drug-likeness (QED) is 0.909. The van der Waals surface area contributed by atoms with Crippen LogP contribution in [-0.4, -0.2) is 44.4 Å². The molecule has 3 rings (SSSR count). The number of nitrogens with one attached hydrogen (secondary N) is 1. The first-order valence-corrected chi connectivity index (χ1v) is 8.26. The van der Waals surface area contributed by atoms with Crippen LogP contribution >= 0.6 is 11.8 Å². The molecule has 1 N–H and O–H groups in total. The van der Waals surface area contributed by atoms with Crippen molar-refractivity contribution in [3.8, 4) is 0 Å². The number of rotatable bonds is 5. The molecule has 1 saturated heterocycles. The summed E-state index contributed by atoms with van der Waals surface area (Å²) in [5.41, 5.74) is 0. The van der Waals surface area contributed by atoms with Crippen molar-refractivity contribution in [2.24, 2.45) is 0 Å². The first-order chi connectivity index (χ1) is 9.85. The van der Waals surface area contributed by atoms with Gasteiger partial charge < -0.3 is 9.51 Å². The number of hydrogen-bond donors (Lipinski definition) is 1. The summed E-state index contributed by atoms with van der Waals surface area (Å²) in [6.07, 6.45) is 8.11.